The van der Waals surface area contributed by atoms with Gasteiger partial charge in [-0.3, -0.25) is 9.59 Å². The number of anilines is 1. The third kappa shape index (κ3) is 5.54. The number of hydrogen-bond acceptors (Lipinski definition) is 4. The number of rotatable bonds is 6. The molecule has 2 aromatic carbocycles. The van der Waals surface area contributed by atoms with E-state index in [-0.39, 0.29) is 23.7 Å². The van der Waals surface area contributed by atoms with Crippen LogP contribution in [0.5, 0.6) is 0 Å². The van der Waals surface area contributed by atoms with E-state index in [0.717, 1.165) is 22.4 Å². The number of amides is 1. The standard InChI is InChI=1S/C22H22FN3O2S/c1-13-4-9-19(14(2)10-13)25-20(27)11-18-15(3)24-22(26-21(18)28)29-12-16-5-7-17(23)8-6-16/h4-10H,11-12H2,1-3H3,(H,25,27)(H,24,26,28). The summed E-state index contributed by atoms with van der Waals surface area (Å²) >= 11 is 1.35. The number of nitrogens with one attached hydrogen (secondary N) is 2. The number of aryl methyl sites for hydroxylation is 3. The fourth-order valence-corrected chi connectivity index (χ4v) is 3.76. The van der Waals surface area contributed by atoms with Crippen LogP contribution >= 0.6 is 11.8 Å². The van der Waals surface area contributed by atoms with Crippen molar-refractivity contribution in [3.05, 3.63) is 86.6 Å². The number of aromatic nitrogens is 2. The van der Waals surface area contributed by atoms with Crippen LogP contribution in [-0.2, 0) is 17.0 Å². The topological polar surface area (TPSA) is 74.8 Å². The third-order valence-electron chi connectivity index (χ3n) is 4.48. The Hall–Kier alpha value is -2.93. The fourth-order valence-electron chi connectivity index (χ4n) is 2.90. The van der Waals surface area contributed by atoms with Gasteiger partial charge < -0.3 is 10.3 Å². The molecule has 150 valence electrons. The monoisotopic (exact) mass is 411 g/mol. The molecule has 0 spiro atoms. The maximum Gasteiger partial charge on any atom is 0.255 e. The zero-order chi connectivity index (χ0) is 21.0. The van der Waals surface area contributed by atoms with E-state index in [4.69, 9.17) is 0 Å². The van der Waals surface area contributed by atoms with Crippen LogP contribution in [0.3, 0.4) is 0 Å². The van der Waals surface area contributed by atoms with Crippen LogP contribution in [0.15, 0.2) is 52.4 Å². The highest BCUT2D eigenvalue weighted by atomic mass is 32.2. The molecule has 0 radical (unpaired) electrons. The Bertz CT molecular complexity index is 1090. The highest BCUT2D eigenvalue weighted by Crippen LogP contribution is 2.20. The normalized spacial score (nSPS) is 10.8. The Morgan fingerprint density at radius 2 is 1.86 bits per heavy atom. The van der Waals surface area contributed by atoms with Gasteiger partial charge in [-0.05, 0) is 50.1 Å². The molecule has 0 saturated carbocycles. The Kier molecular flexibility index (Phi) is 6.49. The molecule has 3 rings (SSSR count). The summed E-state index contributed by atoms with van der Waals surface area (Å²) in [6.07, 6.45) is -0.0512. The SMILES string of the molecule is Cc1ccc(NC(=O)Cc2c(C)nc(SCc3ccc(F)cc3)[nH]c2=O)c(C)c1. The molecule has 29 heavy (non-hydrogen) atoms. The first-order chi connectivity index (χ1) is 13.8. The number of nitrogens with zero attached hydrogens (tertiary/aromatic N) is 1. The van der Waals surface area contributed by atoms with Crippen molar-refractivity contribution in [2.45, 2.75) is 38.1 Å². The number of carbonyl (C=O) groups excluding carboxylic acids is 1. The number of halogens is 1. The molecule has 3 aromatic rings. The summed E-state index contributed by atoms with van der Waals surface area (Å²) in [6, 6.07) is 12.0. The molecule has 0 aliphatic heterocycles. The van der Waals surface area contributed by atoms with Gasteiger partial charge >= 0.3 is 0 Å². The molecule has 0 aliphatic rings. The number of benzene rings is 2. The van der Waals surface area contributed by atoms with E-state index in [1.54, 1.807) is 19.1 Å². The van der Waals surface area contributed by atoms with Gasteiger partial charge in [0.1, 0.15) is 5.82 Å². The van der Waals surface area contributed by atoms with Crippen LogP contribution in [0.25, 0.3) is 0 Å². The van der Waals surface area contributed by atoms with Crippen molar-refractivity contribution < 1.29 is 9.18 Å². The van der Waals surface area contributed by atoms with Gasteiger partial charge in [-0.15, -0.1) is 0 Å². The van der Waals surface area contributed by atoms with Gasteiger partial charge in [0.25, 0.3) is 5.56 Å². The van der Waals surface area contributed by atoms with E-state index in [0.29, 0.717) is 22.2 Å². The molecule has 5 nitrogen and oxygen atoms in total. The predicted octanol–water partition coefficient (Wildman–Crippen LogP) is 4.31. The van der Waals surface area contributed by atoms with E-state index >= 15 is 0 Å². The van der Waals surface area contributed by atoms with Gasteiger partial charge in [-0.25, -0.2) is 9.37 Å². The smallest absolute Gasteiger partial charge is 0.255 e. The summed E-state index contributed by atoms with van der Waals surface area (Å²) in [5.74, 6) is -0.00138. The zero-order valence-corrected chi connectivity index (χ0v) is 17.3. The van der Waals surface area contributed by atoms with E-state index in [1.807, 2.05) is 32.0 Å². The average Bonchev–Trinajstić information content (AvgIpc) is 2.66. The highest BCUT2D eigenvalue weighted by molar-refractivity contribution is 7.98. The second-order valence-electron chi connectivity index (χ2n) is 6.89. The molecule has 0 atom stereocenters. The number of hydrogen-bond donors (Lipinski definition) is 2. The van der Waals surface area contributed by atoms with Crippen molar-refractivity contribution in [2.24, 2.45) is 0 Å². The van der Waals surface area contributed by atoms with Crippen molar-refractivity contribution in [2.75, 3.05) is 5.32 Å². The lowest BCUT2D eigenvalue weighted by molar-refractivity contribution is -0.115. The average molecular weight is 412 g/mol. The van der Waals surface area contributed by atoms with Crippen LogP contribution in [-0.4, -0.2) is 15.9 Å². The first-order valence-corrected chi connectivity index (χ1v) is 10.1. The second kappa shape index (κ2) is 9.05. The van der Waals surface area contributed by atoms with Crippen LogP contribution in [0.4, 0.5) is 10.1 Å². The van der Waals surface area contributed by atoms with Crippen LogP contribution in [0.2, 0.25) is 0 Å². The molecule has 0 saturated heterocycles. The van der Waals surface area contributed by atoms with Crippen molar-refractivity contribution in [1.29, 1.82) is 0 Å². The van der Waals surface area contributed by atoms with E-state index in [2.05, 4.69) is 15.3 Å². The minimum atomic E-state index is -0.324. The minimum absolute atomic E-state index is 0.0512. The minimum Gasteiger partial charge on any atom is -0.326 e. The van der Waals surface area contributed by atoms with Gasteiger partial charge in [0.05, 0.1) is 6.42 Å². The Morgan fingerprint density at radius 3 is 2.52 bits per heavy atom. The first-order valence-electron chi connectivity index (χ1n) is 9.16. The number of H-pyrrole nitrogens is 1. The maximum atomic E-state index is 13.0. The van der Waals surface area contributed by atoms with Gasteiger partial charge in [-0.1, -0.05) is 41.6 Å². The summed E-state index contributed by atoms with van der Waals surface area (Å²) in [5, 5.41) is 3.32. The third-order valence-corrected chi connectivity index (χ3v) is 5.43. The lowest BCUT2D eigenvalue weighted by atomic mass is 10.1. The summed E-state index contributed by atoms with van der Waals surface area (Å²) < 4.78 is 13.0. The number of thioether (sulfide) groups is 1. The Labute approximate surface area is 172 Å². The van der Waals surface area contributed by atoms with Gasteiger partial charge in [0, 0.05) is 22.7 Å². The molecule has 0 fully saturated rings. The van der Waals surface area contributed by atoms with Gasteiger partial charge in [0.2, 0.25) is 5.91 Å². The van der Waals surface area contributed by atoms with E-state index in [9.17, 15) is 14.0 Å². The molecule has 1 aromatic heterocycles. The first kappa shape index (κ1) is 20.8. The quantitative estimate of drug-likeness (QED) is 0.468. The van der Waals surface area contributed by atoms with E-state index < -0.39 is 0 Å². The molecule has 0 unspecified atom stereocenters. The molecule has 0 bridgehead atoms. The molecule has 7 heteroatoms. The molecular weight excluding hydrogens is 389 g/mol. The Balaban J connectivity index is 1.67. The van der Waals surface area contributed by atoms with E-state index in [1.165, 1.54) is 23.9 Å². The summed E-state index contributed by atoms with van der Waals surface area (Å²) in [7, 11) is 0. The maximum absolute atomic E-state index is 13.0. The number of aromatic amines is 1. The van der Waals surface area contributed by atoms with Crippen molar-refractivity contribution in [3.63, 3.8) is 0 Å². The summed E-state index contributed by atoms with van der Waals surface area (Å²) in [6.45, 7) is 5.63. The molecule has 0 aliphatic carbocycles. The Morgan fingerprint density at radius 1 is 1.14 bits per heavy atom. The summed E-state index contributed by atoms with van der Waals surface area (Å²) in [5.41, 5.74) is 4.28. The van der Waals surface area contributed by atoms with Gasteiger partial charge in [-0.2, -0.15) is 0 Å². The van der Waals surface area contributed by atoms with Crippen molar-refractivity contribution >= 4 is 23.4 Å². The van der Waals surface area contributed by atoms with Gasteiger partial charge in [0.15, 0.2) is 5.16 Å². The zero-order valence-electron chi connectivity index (χ0n) is 16.5. The van der Waals surface area contributed by atoms with Crippen LogP contribution < -0.4 is 10.9 Å². The summed E-state index contributed by atoms with van der Waals surface area (Å²) in [4.78, 5) is 32.0. The fraction of sp³-hybridized carbons (Fsp3) is 0.227. The molecular formula is C22H22FN3O2S. The number of carbonyl (C=O) groups is 1. The predicted molar refractivity (Wildman–Crippen MR) is 114 cm³/mol. The molecule has 2 N–H and O–H groups in total. The van der Waals surface area contributed by atoms with Crippen LogP contribution in [0, 0.1) is 26.6 Å². The van der Waals surface area contributed by atoms with Crippen LogP contribution in [0.1, 0.15) is 27.9 Å². The van der Waals surface area contributed by atoms with Crippen molar-refractivity contribution in [3.8, 4) is 0 Å². The lowest BCUT2D eigenvalue weighted by Crippen LogP contribution is -2.24. The molecule has 1 amide bonds. The van der Waals surface area contributed by atoms with Crippen molar-refractivity contribution in [1.82, 2.24) is 9.97 Å². The molecule has 1 heterocycles. The lowest BCUT2D eigenvalue weighted by Gasteiger charge is -2.10. The second-order valence-corrected chi connectivity index (χ2v) is 7.86. The largest absolute Gasteiger partial charge is 0.326 e. The highest BCUT2D eigenvalue weighted by Gasteiger charge is 2.14.